The van der Waals surface area contributed by atoms with Gasteiger partial charge in [0.25, 0.3) is 5.91 Å². The first-order valence-corrected chi connectivity index (χ1v) is 5.29. The molecule has 17 heavy (non-hydrogen) atoms. The first kappa shape index (κ1) is 12.6. The molecule has 0 saturated carbocycles. The number of hydrogen-bond acceptors (Lipinski definition) is 7. The van der Waals surface area contributed by atoms with Crippen LogP contribution in [0.15, 0.2) is 0 Å². The van der Waals surface area contributed by atoms with E-state index in [0.717, 1.165) is 0 Å². The molecule has 0 spiro atoms. The number of amides is 1. The highest BCUT2D eigenvalue weighted by molar-refractivity contribution is 7.80. The monoisotopic (exact) mass is 264 g/mol. The molecule has 2 fully saturated rings. The molecule has 0 aliphatic carbocycles. The summed E-state index contributed by atoms with van der Waals surface area (Å²) in [6.07, 6.45) is -5.84. The lowest BCUT2D eigenvalue weighted by molar-refractivity contribution is -0.234. The van der Waals surface area contributed by atoms with Gasteiger partial charge in [-0.15, -0.1) is 0 Å². The lowest BCUT2D eigenvalue weighted by Crippen LogP contribution is -2.67. The fourth-order valence-electron chi connectivity index (χ4n) is 1.83. The SMILES string of the molecule is O=C1NC(=S)NC1(O)[C@H]1OC[C@H](O)[C@@H](O)[C@@H]1O. The van der Waals surface area contributed by atoms with Crippen molar-refractivity contribution in [2.24, 2.45) is 0 Å². The van der Waals surface area contributed by atoms with Crippen molar-refractivity contribution < 1.29 is 30.0 Å². The Morgan fingerprint density at radius 2 is 2.00 bits per heavy atom. The number of aliphatic hydroxyl groups excluding tert-OH is 3. The van der Waals surface area contributed by atoms with E-state index in [1.165, 1.54) is 0 Å². The van der Waals surface area contributed by atoms with Gasteiger partial charge in [0.05, 0.1) is 6.61 Å². The summed E-state index contributed by atoms with van der Waals surface area (Å²) in [6, 6.07) is 0. The summed E-state index contributed by atoms with van der Waals surface area (Å²) in [6.45, 7) is -0.313. The lowest BCUT2D eigenvalue weighted by atomic mass is 9.92. The molecule has 2 rings (SSSR count). The zero-order valence-corrected chi connectivity index (χ0v) is 9.35. The highest BCUT2D eigenvalue weighted by Gasteiger charge is 2.56. The maximum atomic E-state index is 11.5. The minimum absolute atomic E-state index is 0.103. The Morgan fingerprint density at radius 1 is 1.35 bits per heavy atom. The fraction of sp³-hybridized carbons (Fsp3) is 0.750. The molecule has 2 saturated heterocycles. The zero-order chi connectivity index (χ0) is 12.8. The Labute approximate surface area is 101 Å². The van der Waals surface area contributed by atoms with Gasteiger partial charge in [0.1, 0.15) is 24.4 Å². The largest absolute Gasteiger partial charge is 0.388 e. The van der Waals surface area contributed by atoms with E-state index in [9.17, 15) is 25.2 Å². The normalized spacial score (nSPS) is 46.6. The van der Waals surface area contributed by atoms with Gasteiger partial charge in [-0.05, 0) is 12.2 Å². The molecule has 0 aromatic rings. The molecule has 1 unspecified atom stereocenters. The van der Waals surface area contributed by atoms with Gasteiger partial charge < -0.3 is 30.5 Å². The second kappa shape index (κ2) is 4.12. The maximum absolute atomic E-state index is 11.5. The molecule has 8 nitrogen and oxygen atoms in total. The Bertz CT molecular complexity index is 366. The highest BCUT2D eigenvalue weighted by atomic mass is 32.1. The van der Waals surface area contributed by atoms with Crippen LogP contribution in [0.25, 0.3) is 0 Å². The van der Waals surface area contributed by atoms with Crippen LogP contribution in [-0.2, 0) is 9.53 Å². The lowest BCUT2D eigenvalue weighted by Gasteiger charge is -2.40. The summed E-state index contributed by atoms with van der Waals surface area (Å²) in [5.41, 5.74) is -2.25. The van der Waals surface area contributed by atoms with Crippen molar-refractivity contribution in [3.05, 3.63) is 0 Å². The number of carbonyl (C=O) groups excluding carboxylic acids is 1. The number of aliphatic hydroxyl groups is 4. The Balaban J connectivity index is 2.22. The third-order valence-electron chi connectivity index (χ3n) is 2.79. The highest BCUT2D eigenvalue weighted by Crippen LogP contribution is 2.25. The predicted octanol–water partition coefficient (Wildman–Crippen LogP) is -3.84. The first-order chi connectivity index (χ1) is 7.86. The van der Waals surface area contributed by atoms with Crippen LogP contribution in [0.3, 0.4) is 0 Å². The van der Waals surface area contributed by atoms with Crippen molar-refractivity contribution >= 4 is 23.2 Å². The van der Waals surface area contributed by atoms with E-state index in [0.29, 0.717) is 0 Å². The van der Waals surface area contributed by atoms with Gasteiger partial charge in [-0.25, -0.2) is 0 Å². The molecule has 6 N–H and O–H groups in total. The number of thiocarbonyl (C=S) groups is 1. The quantitative estimate of drug-likeness (QED) is 0.265. The average Bonchev–Trinajstić information content (AvgIpc) is 2.50. The van der Waals surface area contributed by atoms with Gasteiger partial charge >= 0.3 is 0 Å². The third-order valence-corrected chi connectivity index (χ3v) is 2.99. The van der Waals surface area contributed by atoms with Crippen LogP contribution in [0.4, 0.5) is 0 Å². The number of hydrogen-bond donors (Lipinski definition) is 6. The van der Waals surface area contributed by atoms with Gasteiger partial charge in [-0.1, -0.05) is 0 Å². The molecular formula is C8H12N2O6S. The van der Waals surface area contributed by atoms with E-state index in [1.807, 2.05) is 0 Å². The zero-order valence-electron chi connectivity index (χ0n) is 8.53. The summed E-state index contributed by atoms with van der Waals surface area (Å²) >= 11 is 4.65. The van der Waals surface area contributed by atoms with Crippen LogP contribution < -0.4 is 10.6 Å². The van der Waals surface area contributed by atoms with E-state index < -0.39 is 36.0 Å². The minimum Gasteiger partial charge on any atom is -0.388 e. The molecule has 2 heterocycles. The van der Waals surface area contributed by atoms with Gasteiger partial charge in [0, 0.05) is 0 Å². The van der Waals surface area contributed by atoms with Crippen molar-refractivity contribution in [2.75, 3.05) is 6.61 Å². The number of rotatable bonds is 1. The maximum Gasteiger partial charge on any atom is 0.282 e. The topological polar surface area (TPSA) is 131 Å². The smallest absolute Gasteiger partial charge is 0.282 e. The van der Waals surface area contributed by atoms with Crippen LogP contribution in [0.5, 0.6) is 0 Å². The van der Waals surface area contributed by atoms with Crippen LogP contribution in [-0.4, -0.2) is 68.2 Å². The van der Waals surface area contributed by atoms with E-state index in [4.69, 9.17) is 4.74 Å². The van der Waals surface area contributed by atoms with E-state index in [2.05, 4.69) is 22.9 Å². The van der Waals surface area contributed by atoms with Gasteiger partial charge in [0.2, 0.25) is 5.72 Å². The summed E-state index contributed by atoms with van der Waals surface area (Å²) in [5, 5.41) is 42.7. The molecule has 0 aromatic heterocycles. The van der Waals surface area contributed by atoms with Crippen molar-refractivity contribution in [2.45, 2.75) is 30.1 Å². The molecule has 1 amide bonds. The average molecular weight is 264 g/mol. The molecule has 96 valence electrons. The Hall–Kier alpha value is -0.840. The summed E-state index contributed by atoms with van der Waals surface area (Å²) < 4.78 is 4.99. The molecule has 5 atom stereocenters. The Kier molecular flexibility index (Phi) is 3.06. The molecular weight excluding hydrogens is 252 g/mol. The van der Waals surface area contributed by atoms with Crippen molar-refractivity contribution in [1.29, 1.82) is 0 Å². The molecule has 0 bridgehead atoms. The fourth-order valence-corrected chi connectivity index (χ4v) is 2.08. The molecule has 2 aliphatic rings. The van der Waals surface area contributed by atoms with Crippen molar-refractivity contribution in [3.63, 3.8) is 0 Å². The molecule has 2 aliphatic heterocycles. The van der Waals surface area contributed by atoms with E-state index in [1.54, 1.807) is 0 Å². The van der Waals surface area contributed by atoms with Gasteiger partial charge in [-0.2, -0.15) is 0 Å². The van der Waals surface area contributed by atoms with Crippen LogP contribution in [0.1, 0.15) is 0 Å². The molecule has 0 radical (unpaired) electrons. The van der Waals surface area contributed by atoms with E-state index >= 15 is 0 Å². The summed E-state index contributed by atoms with van der Waals surface area (Å²) in [5.74, 6) is -0.880. The Morgan fingerprint density at radius 3 is 2.53 bits per heavy atom. The first-order valence-electron chi connectivity index (χ1n) is 4.88. The summed E-state index contributed by atoms with van der Waals surface area (Å²) in [4.78, 5) is 11.5. The third kappa shape index (κ3) is 1.90. The van der Waals surface area contributed by atoms with Crippen LogP contribution in [0.2, 0.25) is 0 Å². The second-order valence-corrected chi connectivity index (χ2v) is 4.39. The van der Waals surface area contributed by atoms with Crippen molar-refractivity contribution in [3.8, 4) is 0 Å². The standard InChI is InChI=1S/C8H12N2O6S/c11-2-1-16-5(4(13)3(2)12)8(15)6(14)9-7(17)10-8/h2-5,11-13,15H,1H2,(H2,9,10,14,17)/t2-,3+,4-,5-,8?/m0/s1. The number of carbonyl (C=O) groups is 1. The van der Waals surface area contributed by atoms with E-state index in [-0.39, 0.29) is 11.7 Å². The van der Waals surface area contributed by atoms with Crippen LogP contribution >= 0.6 is 12.2 Å². The summed E-state index contributed by atoms with van der Waals surface area (Å²) in [7, 11) is 0. The minimum atomic E-state index is -2.25. The molecule has 0 aromatic carbocycles. The van der Waals surface area contributed by atoms with Gasteiger partial charge in [-0.3, -0.25) is 10.1 Å². The van der Waals surface area contributed by atoms with Crippen LogP contribution in [0, 0.1) is 0 Å². The second-order valence-electron chi connectivity index (χ2n) is 3.98. The van der Waals surface area contributed by atoms with Crippen molar-refractivity contribution in [1.82, 2.24) is 10.6 Å². The number of nitrogens with one attached hydrogen (secondary N) is 2. The predicted molar refractivity (Wildman–Crippen MR) is 56.6 cm³/mol. The van der Waals surface area contributed by atoms with Gasteiger partial charge in [0.15, 0.2) is 5.11 Å². The molecule has 9 heteroatoms. The number of ether oxygens (including phenoxy) is 1.